The van der Waals surface area contributed by atoms with Gasteiger partial charge in [-0.25, -0.2) is 8.42 Å². The Kier molecular flexibility index (Phi) is 6.32. The molecule has 13 heteroatoms. The van der Waals surface area contributed by atoms with Crippen molar-refractivity contribution in [1.29, 1.82) is 0 Å². The van der Waals surface area contributed by atoms with E-state index in [-0.39, 0.29) is 27.9 Å². The molecular weight excluding hydrogens is 477 g/mol. The number of alkyl halides is 3. The molecule has 1 N–H and O–H groups in total. The Labute approximate surface area is 192 Å². The maximum atomic E-state index is 13.0. The number of carbonyl (C=O) groups is 1. The smallest absolute Gasteiger partial charge is 0.378 e. The first-order chi connectivity index (χ1) is 16.0. The van der Waals surface area contributed by atoms with Crippen LogP contribution in [0.4, 0.5) is 18.9 Å². The first-order valence-corrected chi connectivity index (χ1v) is 11.5. The van der Waals surface area contributed by atoms with Gasteiger partial charge in [0.05, 0.1) is 23.7 Å². The minimum atomic E-state index is -4.62. The summed E-state index contributed by atoms with van der Waals surface area (Å²) in [6, 6.07) is 8.18. The van der Waals surface area contributed by atoms with Crippen molar-refractivity contribution in [3.05, 3.63) is 59.5 Å². The van der Waals surface area contributed by atoms with Gasteiger partial charge in [-0.15, -0.1) is 0 Å². The fraction of sp³-hybridized carbons (Fsp3) is 0.286. The highest BCUT2D eigenvalue weighted by molar-refractivity contribution is 7.92. The van der Waals surface area contributed by atoms with Gasteiger partial charge in [-0.3, -0.25) is 9.52 Å². The quantitative estimate of drug-likeness (QED) is 0.576. The second-order valence-electron chi connectivity index (χ2n) is 7.49. The number of hydrogen-bond acceptors (Lipinski definition) is 7. The Bertz CT molecular complexity index is 1320. The molecule has 180 valence electrons. The van der Waals surface area contributed by atoms with E-state index in [1.54, 1.807) is 6.07 Å². The minimum absolute atomic E-state index is 0.00729. The van der Waals surface area contributed by atoms with Crippen LogP contribution in [0.25, 0.3) is 11.4 Å². The van der Waals surface area contributed by atoms with Crippen molar-refractivity contribution in [3.63, 3.8) is 0 Å². The molecule has 1 aliphatic heterocycles. The maximum Gasteiger partial charge on any atom is 0.416 e. The number of halogens is 3. The Morgan fingerprint density at radius 2 is 1.85 bits per heavy atom. The molecule has 1 aliphatic rings. The van der Waals surface area contributed by atoms with E-state index in [0.29, 0.717) is 37.9 Å². The second kappa shape index (κ2) is 9.06. The summed E-state index contributed by atoms with van der Waals surface area (Å²) in [5.41, 5.74) is -0.629. The topological polar surface area (TPSA) is 115 Å². The average molecular weight is 496 g/mol. The third kappa shape index (κ3) is 5.04. The average Bonchev–Trinajstić information content (AvgIpc) is 3.29. The van der Waals surface area contributed by atoms with Gasteiger partial charge in [-0.05, 0) is 36.8 Å². The Morgan fingerprint density at radius 1 is 1.12 bits per heavy atom. The van der Waals surface area contributed by atoms with E-state index in [1.165, 1.54) is 30.0 Å². The van der Waals surface area contributed by atoms with Crippen molar-refractivity contribution in [2.24, 2.45) is 0 Å². The molecule has 2 heterocycles. The van der Waals surface area contributed by atoms with Gasteiger partial charge < -0.3 is 14.2 Å². The summed E-state index contributed by atoms with van der Waals surface area (Å²) in [6.07, 6.45) is -4.62. The van der Waals surface area contributed by atoms with Gasteiger partial charge in [-0.1, -0.05) is 23.4 Å². The van der Waals surface area contributed by atoms with Crippen LogP contribution < -0.4 is 4.72 Å². The molecule has 34 heavy (non-hydrogen) atoms. The molecule has 0 bridgehead atoms. The van der Waals surface area contributed by atoms with Crippen LogP contribution in [-0.4, -0.2) is 55.7 Å². The van der Waals surface area contributed by atoms with Crippen LogP contribution in [0.5, 0.6) is 0 Å². The van der Waals surface area contributed by atoms with E-state index in [9.17, 15) is 26.4 Å². The number of ether oxygens (including phenoxy) is 1. The number of amides is 1. The Hall–Kier alpha value is -3.45. The number of aryl methyl sites for hydroxylation is 1. The summed E-state index contributed by atoms with van der Waals surface area (Å²) in [7, 11) is -4.26. The third-order valence-corrected chi connectivity index (χ3v) is 6.61. The number of nitrogens with zero attached hydrogens (tertiary/aromatic N) is 3. The zero-order valence-corrected chi connectivity index (χ0v) is 18.6. The fourth-order valence-corrected chi connectivity index (χ4v) is 4.65. The summed E-state index contributed by atoms with van der Waals surface area (Å²) in [5, 5.41) is 3.77. The molecule has 0 saturated carbocycles. The largest absolute Gasteiger partial charge is 0.416 e. The van der Waals surface area contributed by atoms with E-state index < -0.39 is 27.7 Å². The molecule has 4 rings (SSSR count). The lowest BCUT2D eigenvalue weighted by Gasteiger charge is -2.25. The number of aromatic nitrogens is 2. The van der Waals surface area contributed by atoms with Crippen LogP contribution in [0, 0.1) is 6.92 Å². The summed E-state index contributed by atoms with van der Waals surface area (Å²) in [4.78, 5) is 17.9. The van der Waals surface area contributed by atoms with E-state index in [2.05, 4.69) is 14.9 Å². The van der Waals surface area contributed by atoms with Gasteiger partial charge in [0, 0.05) is 24.3 Å². The summed E-state index contributed by atoms with van der Waals surface area (Å²) >= 11 is 0. The third-order valence-electron chi connectivity index (χ3n) is 5.09. The van der Waals surface area contributed by atoms with Crippen LogP contribution in [-0.2, 0) is 20.9 Å². The number of sulfonamides is 1. The van der Waals surface area contributed by atoms with Crippen LogP contribution in [0.3, 0.4) is 0 Å². The van der Waals surface area contributed by atoms with Crippen LogP contribution >= 0.6 is 0 Å². The van der Waals surface area contributed by atoms with Crippen LogP contribution in [0.15, 0.2) is 51.9 Å². The summed E-state index contributed by atoms with van der Waals surface area (Å²) in [5.74, 6) is -0.718. The van der Waals surface area contributed by atoms with Crippen LogP contribution in [0.1, 0.15) is 21.8 Å². The molecule has 1 saturated heterocycles. The maximum absolute atomic E-state index is 13.0. The van der Waals surface area contributed by atoms with Gasteiger partial charge in [0.2, 0.25) is 5.82 Å². The van der Waals surface area contributed by atoms with Gasteiger partial charge in [0.25, 0.3) is 10.0 Å². The zero-order chi connectivity index (χ0) is 24.5. The molecule has 3 aromatic rings. The highest BCUT2D eigenvalue weighted by Crippen LogP contribution is 2.32. The van der Waals surface area contributed by atoms with Crippen LogP contribution in [0.2, 0.25) is 0 Å². The highest BCUT2D eigenvalue weighted by Gasteiger charge is 2.31. The predicted octanol–water partition coefficient (Wildman–Crippen LogP) is 3.34. The fourth-order valence-electron chi connectivity index (χ4n) is 3.33. The normalized spacial score (nSPS) is 14.8. The number of hydrogen-bond donors (Lipinski definition) is 1. The van der Waals surface area contributed by atoms with Crippen molar-refractivity contribution in [2.45, 2.75) is 18.0 Å². The molecule has 9 nitrogen and oxygen atoms in total. The molecule has 0 atom stereocenters. The predicted molar refractivity (Wildman–Crippen MR) is 113 cm³/mol. The standard InChI is InChI=1S/C21H19F3N4O5S/c1-13-5-6-14(18-25-19(33-26-18)20(29)28-7-9-32-10-8-28)11-17(13)34(30,31)27-16-4-2-3-15(12-16)21(22,23)24/h2-6,11-12,27H,7-10H2,1H3. The van der Waals surface area contributed by atoms with Crippen molar-refractivity contribution in [3.8, 4) is 11.4 Å². The van der Waals surface area contributed by atoms with Crippen molar-refractivity contribution in [2.75, 3.05) is 31.0 Å². The van der Waals surface area contributed by atoms with Crippen molar-refractivity contribution in [1.82, 2.24) is 15.0 Å². The second-order valence-corrected chi connectivity index (χ2v) is 9.14. The van der Waals surface area contributed by atoms with E-state index in [1.807, 2.05) is 0 Å². The van der Waals surface area contributed by atoms with E-state index in [4.69, 9.17) is 9.26 Å². The molecule has 0 unspecified atom stereocenters. The molecule has 1 amide bonds. The first kappa shape index (κ1) is 23.7. The molecule has 2 aromatic carbocycles. The van der Waals surface area contributed by atoms with Crippen molar-refractivity contribution >= 4 is 21.6 Å². The molecule has 1 aromatic heterocycles. The number of rotatable bonds is 5. The number of nitrogens with one attached hydrogen (secondary N) is 1. The molecule has 0 radical (unpaired) electrons. The summed E-state index contributed by atoms with van der Waals surface area (Å²) in [6.45, 7) is 3.08. The number of carbonyl (C=O) groups excluding carboxylic acids is 1. The van der Waals surface area contributed by atoms with E-state index >= 15 is 0 Å². The molecule has 0 aliphatic carbocycles. The first-order valence-electron chi connectivity index (χ1n) is 10.1. The van der Waals surface area contributed by atoms with Gasteiger partial charge in [0.15, 0.2) is 0 Å². The Balaban J connectivity index is 1.60. The molecular formula is C21H19F3N4O5S. The van der Waals surface area contributed by atoms with Gasteiger partial charge in [0.1, 0.15) is 0 Å². The lowest BCUT2D eigenvalue weighted by molar-refractivity contribution is -0.137. The lowest BCUT2D eigenvalue weighted by atomic mass is 10.1. The highest BCUT2D eigenvalue weighted by atomic mass is 32.2. The zero-order valence-electron chi connectivity index (χ0n) is 17.8. The number of anilines is 1. The SMILES string of the molecule is Cc1ccc(-c2noc(C(=O)N3CCOCC3)n2)cc1S(=O)(=O)Nc1cccc(C(F)(F)F)c1. The summed E-state index contributed by atoms with van der Waals surface area (Å²) < 4.78 is 77.3. The monoisotopic (exact) mass is 496 g/mol. The molecule has 0 spiro atoms. The number of morpholine rings is 1. The van der Waals surface area contributed by atoms with Gasteiger partial charge in [-0.2, -0.15) is 18.2 Å². The Morgan fingerprint density at radius 3 is 2.56 bits per heavy atom. The number of benzene rings is 2. The lowest BCUT2D eigenvalue weighted by Crippen LogP contribution is -2.40. The van der Waals surface area contributed by atoms with Crippen molar-refractivity contribution < 1.29 is 35.6 Å². The molecule has 1 fully saturated rings. The van der Waals surface area contributed by atoms with E-state index in [0.717, 1.165) is 12.1 Å². The minimum Gasteiger partial charge on any atom is -0.378 e. The van der Waals surface area contributed by atoms with Gasteiger partial charge >= 0.3 is 18.0 Å².